The third-order valence-electron chi connectivity index (χ3n) is 1.76. The van der Waals surface area contributed by atoms with Crippen LogP contribution in [0, 0.1) is 0 Å². The minimum absolute atomic E-state index is 0.0453. The Kier molecular flexibility index (Phi) is 4.62. The van der Waals surface area contributed by atoms with Crippen LogP contribution in [0.15, 0.2) is 6.33 Å². The second-order valence-corrected chi connectivity index (χ2v) is 2.78. The van der Waals surface area contributed by atoms with Crippen LogP contribution in [0.5, 0.6) is 5.75 Å². The normalized spacial score (nSPS) is 9.80. The van der Waals surface area contributed by atoms with Gasteiger partial charge >= 0.3 is 0 Å². The number of hydrogen-bond acceptors (Lipinski definition) is 6. The van der Waals surface area contributed by atoms with Crippen molar-refractivity contribution in [1.29, 1.82) is 0 Å². The Morgan fingerprint density at radius 1 is 1.33 bits per heavy atom. The SMILES string of the molecule is CCNc1ncnc(NCCO)c1OC. The summed E-state index contributed by atoms with van der Waals surface area (Å²) < 4.78 is 5.19. The minimum Gasteiger partial charge on any atom is -0.490 e. The number of rotatable bonds is 6. The molecule has 15 heavy (non-hydrogen) atoms. The molecule has 0 amide bonds. The molecule has 0 unspecified atom stereocenters. The van der Waals surface area contributed by atoms with Crippen molar-refractivity contribution in [2.75, 3.05) is 37.4 Å². The zero-order chi connectivity index (χ0) is 11.1. The summed E-state index contributed by atoms with van der Waals surface area (Å²) in [6.45, 7) is 3.21. The molecule has 1 aromatic heterocycles. The van der Waals surface area contributed by atoms with Crippen molar-refractivity contribution in [2.45, 2.75) is 6.92 Å². The van der Waals surface area contributed by atoms with Gasteiger partial charge in [0.1, 0.15) is 6.33 Å². The van der Waals surface area contributed by atoms with Crippen LogP contribution in [0.1, 0.15) is 6.92 Å². The summed E-state index contributed by atoms with van der Waals surface area (Å²) in [5.41, 5.74) is 0. The van der Waals surface area contributed by atoms with Gasteiger partial charge in [-0.15, -0.1) is 0 Å². The van der Waals surface area contributed by atoms with Crippen LogP contribution in [0.3, 0.4) is 0 Å². The molecule has 84 valence electrons. The first kappa shape index (κ1) is 11.5. The molecule has 0 saturated heterocycles. The van der Waals surface area contributed by atoms with E-state index in [1.54, 1.807) is 7.11 Å². The van der Waals surface area contributed by atoms with Crippen molar-refractivity contribution in [3.8, 4) is 5.75 Å². The average molecular weight is 212 g/mol. The van der Waals surface area contributed by atoms with Gasteiger partial charge in [-0.2, -0.15) is 0 Å². The number of ether oxygens (including phenoxy) is 1. The van der Waals surface area contributed by atoms with E-state index in [0.29, 0.717) is 23.9 Å². The highest BCUT2D eigenvalue weighted by atomic mass is 16.5. The second-order valence-electron chi connectivity index (χ2n) is 2.78. The third-order valence-corrected chi connectivity index (χ3v) is 1.76. The summed E-state index contributed by atoms with van der Waals surface area (Å²) in [7, 11) is 1.56. The van der Waals surface area contributed by atoms with E-state index in [9.17, 15) is 0 Å². The first-order valence-corrected chi connectivity index (χ1v) is 4.81. The quantitative estimate of drug-likeness (QED) is 0.630. The Morgan fingerprint density at radius 3 is 2.53 bits per heavy atom. The van der Waals surface area contributed by atoms with Crippen LogP contribution in [0.2, 0.25) is 0 Å². The maximum atomic E-state index is 8.70. The molecule has 0 spiro atoms. The number of anilines is 2. The van der Waals surface area contributed by atoms with Crippen molar-refractivity contribution < 1.29 is 9.84 Å². The van der Waals surface area contributed by atoms with Crippen molar-refractivity contribution in [3.05, 3.63) is 6.33 Å². The van der Waals surface area contributed by atoms with E-state index in [1.165, 1.54) is 6.33 Å². The number of nitrogens with zero attached hydrogens (tertiary/aromatic N) is 2. The van der Waals surface area contributed by atoms with Gasteiger partial charge in [-0.3, -0.25) is 0 Å². The Bertz CT molecular complexity index is 306. The number of aromatic nitrogens is 2. The summed E-state index contributed by atoms with van der Waals surface area (Å²) in [6.07, 6.45) is 1.44. The lowest BCUT2D eigenvalue weighted by Gasteiger charge is -2.12. The molecule has 0 aromatic carbocycles. The lowest BCUT2D eigenvalue weighted by molar-refractivity contribution is 0.310. The number of methoxy groups -OCH3 is 1. The molecule has 0 aliphatic rings. The Balaban J connectivity index is 2.88. The van der Waals surface area contributed by atoms with Crippen LogP contribution >= 0.6 is 0 Å². The first-order chi connectivity index (χ1) is 7.33. The maximum Gasteiger partial charge on any atom is 0.204 e. The Hall–Kier alpha value is -1.56. The third kappa shape index (κ3) is 2.95. The molecule has 1 rings (SSSR count). The highest BCUT2D eigenvalue weighted by Crippen LogP contribution is 2.28. The van der Waals surface area contributed by atoms with Crippen LogP contribution in [0.25, 0.3) is 0 Å². The van der Waals surface area contributed by atoms with Gasteiger partial charge in [0.05, 0.1) is 13.7 Å². The second kappa shape index (κ2) is 6.02. The van der Waals surface area contributed by atoms with Crippen molar-refractivity contribution in [3.63, 3.8) is 0 Å². The molecule has 6 nitrogen and oxygen atoms in total. The first-order valence-electron chi connectivity index (χ1n) is 4.81. The van der Waals surface area contributed by atoms with Crippen molar-refractivity contribution in [1.82, 2.24) is 9.97 Å². The lowest BCUT2D eigenvalue weighted by Crippen LogP contribution is -2.10. The van der Waals surface area contributed by atoms with E-state index in [1.807, 2.05) is 6.92 Å². The molecule has 1 heterocycles. The van der Waals surface area contributed by atoms with E-state index in [0.717, 1.165) is 6.54 Å². The van der Waals surface area contributed by atoms with E-state index >= 15 is 0 Å². The summed E-state index contributed by atoms with van der Waals surface area (Å²) in [6, 6.07) is 0. The summed E-state index contributed by atoms with van der Waals surface area (Å²) in [5, 5.41) is 14.7. The summed E-state index contributed by atoms with van der Waals surface area (Å²) in [4.78, 5) is 8.09. The number of aliphatic hydroxyl groups excluding tert-OH is 1. The van der Waals surface area contributed by atoms with Gasteiger partial charge in [-0.05, 0) is 6.92 Å². The van der Waals surface area contributed by atoms with Gasteiger partial charge in [0.15, 0.2) is 11.6 Å². The largest absolute Gasteiger partial charge is 0.490 e. The van der Waals surface area contributed by atoms with Crippen molar-refractivity contribution in [2.24, 2.45) is 0 Å². The molecule has 0 fully saturated rings. The standard InChI is InChI=1S/C9H16N4O2/c1-3-10-8-7(15-2)9(11-4-5-14)13-6-12-8/h6,14H,3-5H2,1-2H3,(H2,10,11,12,13). The van der Waals surface area contributed by atoms with Gasteiger partial charge < -0.3 is 20.5 Å². The summed E-state index contributed by atoms with van der Waals surface area (Å²) >= 11 is 0. The molecule has 0 saturated carbocycles. The molecular weight excluding hydrogens is 196 g/mol. The molecule has 1 aromatic rings. The van der Waals surface area contributed by atoms with Crippen LogP contribution in [-0.4, -0.2) is 41.9 Å². The molecule has 0 bridgehead atoms. The van der Waals surface area contributed by atoms with Crippen LogP contribution in [0.4, 0.5) is 11.6 Å². The van der Waals surface area contributed by atoms with E-state index in [4.69, 9.17) is 9.84 Å². The number of aliphatic hydroxyl groups is 1. The van der Waals surface area contributed by atoms with E-state index in [2.05, 4.69) is 20.6 Å². The van der Waals surface area contributed by atoms with E-state index < -0.39 is 0 Å². The molecular formula is C9H16N4O2. The predicted octanol–water partition coefficient (Wildman–Crippen LogP) is 0.321. The fraction of sp³-hybridized carbons (Fsp3) is 0.556. The monoisotopic (exact) mass is 212 g/mol. The fourth-order valence-corrected chi connectivity index (χ4v) is 1.16. The van der Waals surface area contributed by atoms with Gasteiger partial charge in [0.2, 0.25) is 5.75 Å². The fourth-order valence-electron chi connectivity index (χ4n) is 1.16. The zero-order valence-corrected chi connectivity index (χ0v) is 8.95. The highest BCUT2D eigenvalue weighted by molar-refractivity contribution is 5.63. The lowest BCUT2D eigenvalue weighted by atomic mass is 10.4. The maximum absolute atomic E-state index is 8.70. The molecule has 0 atom stereocenters. The molecule has 6 heteroatoms. The summed E-state index contributed by atoms with van der Waals surface area (Å²) in [5.74, 6) is 1.79. The number of nitrogens with one attached hydrogen (secondary N) is 2. The average Bonchev–Trinajstić information content (AvgIpc) is 2.27. The Morgan fingerprint density at radius 2 is 2.00 bits per heavy atom. The van der Waals surface area contributed by atoms with Crippen molar-refractivity contribution >= 4 is 11.6 Å². The van der Waals surface area contributed by atoms with Gasteiger partial charge in [0, 0.05) is 13.1 Å². The smallest absolute Gasteiger partial charge is 0.204 e. The molecule has 0 aliphatic heterocycles. The van der Waals surface area contributed by atoms with Gasteiger partial charge in [0.25, 0.3) is 0 Å². The predicted molar refractivity (Wildman–Crippen MR) is 58.3 cm³/mol. The molecule has 0 radical (unpaired) electrons. The molecule has 0 aliphatic carbocycles. The van der Waals surface area contributed by atoms with Gasteiger partial charge in [-0.25, -0.2) is 9.97 Å². The van der Waals surface area contributed by atoms with Gasteiger partial charge in [-0.1, -0.05) is 0 Å². The van der Waals surface area contributed by atoms with Crippen LogP contribution < -0.4 is 15.4 Å². The van der Waals surface area contributed by atoms with E-state index in [-0.39, 0.29) is 6.61 Å². The minimum atomic E-state index is 0.0453. The highest BCUT2D eigenvalue weighted by Gasteiger charge is 2.10. The zero-order valence-electron chi connectivity index (χ0n) is 8.95. The molecule has 3 N–H and O–H groups in total. The Labute approximate surface area is 88.7 Å². The van der Waals surface area contributed by atoms with Crippen LogP contribution in [-0.2, 0) is 0 Å². The topological polar surface area (TPSA) is 79.3 Å². The number of hydrogen-bond donors (Lipinski definition) is 3.